The topological polar surface area (TPSA) is 35.5 Å². The summed E-state index contributed by atoms with van der Waals surface area (Å²) in [6, 6.07) is 8.31. The van der Waals surface area contributed by atoms with E-state index >= 15 is 0 Å². The molecule has 4 heteroatoms. The Morgan fingerprint density at radius 1 is 0.769 bits per heavy atom. The van der Waals surface area contributed by atoms with Crippen molar-refractivity contribution in [1.29, 1.82) is 0 Å². The zero-order valence-electron chi connectivity index (χ0n) is 16.5. The van der Waals surface area contributed by atoms with Crippen LogP contribution in [0, 0.1) is 0 Å². The SMILES string of the molecule is CCCCc1cc(CCCC)c(Op2occcco2)c(CCCC)c1. The third-order valence-electron chi connectivity index (χ3n) is 4.45. The molecule has 0 aliphatic rings. The summed E-state index contributed by atoms with van der Waals surface area (Å²) < 4.78 is 17.5. The van der Waals surface area contributed by atoms with Crippen molar-refractivity contribution in [3.63, 3.8) is 0 Å². The van der Waals surface area contributed by atoms with Crippen LogP contribution in [0.3, 0.4) is 0 Å². The first-order valence-electron chi connectivity index (χ1n) is 10.1. The highest BCUT2D eigenvalue weighted by Crippen LogP contribution is 2.37. The number of hydrogen-bond donors (Lipinski definition) is 0. The van der Waals surface area contributed by atoms with E-state index in [4.69, 9.17) is 12.9 Å². The highest BCUT2D eigenvalue weighted by atomic mass is 31.1. The van der Waals surface area contributed by atoms with Crippen molar-refractivity contribution in [3.8, 4) is 5.75 Å². The maximum absolute atomic E-state index is 6.27. The summed E-state index contributed by atoms with van der Waals surface area (Å²) >= 11 is 0. The first kappa shape index (κ1) is 20.7. The van der Waals surface area contributed by atoms with Gasteiger partial charge in [0.25, 0.3) is 0 Å². The average Bonchev–Trinajstić information content (AvgIpc) is 2.93. The minimum atomic E-state index is -1.43. The second-order valence-corrected chi connectivity index (χ2v) is 7.79. The predicted octanol–water partition coefficient (Wildman–Crippen LogP) is 7.85. The quantitative estimate of drug-likeness (QED) is 0.400. The van der Waals surface area contributed by atoms with E-state index in [0.717, 1.165) is 25.0 Å². The molecule has 0 atom stereocenters. The highest BCUT2D eigenvalue weighted by molar-refractivity contribution is 7.31. The molecular weight excluding hydrogens is 343 g/mol. The van der Waals surface area contributed by atoms with Crippen molar-refractivity contribution in [2.75, 3.05) is 0 Å². The summed E-state index contributed by atoms with van der Waals surface area (Å²) in [5.74, 6) is 0.988. The number of hydrogen-bond acceptors (Lipinski definition) is 3. The Kier molecular flexibility index (Phi) is 9.48. The Bertz CT molecular complexity index is 631. The Hall–Kier alpha value is -1.60. The molecule has 0 radical (unpaired) electrons. The monoisotopic (exact) mass is 376 g/mol. The lowest BCUT2D eigenvalue weighted by atomic mass is 9.95. The fourth-order valence-corrected chi connectivity index (χ4v) is 3.84. The van der Waals surface area contributed by atoms with Crippen molar-refractivity contribution < 1.29 is 12.9 Å². The van der Waals surface area contributed by atoms with Crippen LogP contribution in [0.4, 0.5) is 0 Å². The van der Waals surface area contributed by atoms with E-state index in [-0.39, 0.29) is 0 Å². The molecule has 0 spiro atoms. The van der Waals surface area contributed by atoms with E-state index in [9.17, 15) is 0 Å². The van der Waals surface area contributed by atoms with Crippen molar-refractivity contribution in [1.82, 2.24) is 0 Å². The summed E-state index contributed by atoms with van der Waals surface area (Å²) in [6.07, 6.45) is 13.6. The van der Waals surface area contributed by atoms with Crippen LogP contribution in [0.5, 0.6) is 5.75 Å². The molecule has 0 aliphatic carbocycles. The van der Waals surface area contributed by atoms with Crippen molar-refractivity contribution >= 4 is 8.24 Å². The number of rotatable bonds is 11. The van der Waals surface area contributed by atoms with Crippen LogP contribution in [0.1, 0.15) is 76.0 Å². The van der Waals surface area contributed by atoms with Crippen LogP contribution in [0.2, 0.25) is 0 Å². The maximum atomic E-state index is 6.27. The van der Waals surface area contributed by atoms with Gasteiger partial charge in [0, 0.05) is 0 Å². The van der Waals surface area contributed by atoms with E-state index in [1.807, 2.05) is 12.1 Å². The fourth-order valence-electron chi connectivity index (χ4n) is 2.98. The first-order valence-corrected chi connectivity index (χ1v) is 11.2. The van der Waals surface area contributed by atoms with Crippen LogP contribution in [0.25, 0.3) is 0 Å². The Morgan fingerprint density at radius 3 is 1.77 bits per heavy atom. The highest BCUT2D eigenvalue weighted by Gasteiger charge is 2.15. The van der Waals surface area contributed by atoms with E-state index in [2.05, 4.69) is 32.9 Å². The lowest BCUT2D eigenvalue weighted by molar-refractivity contribution is 0.465. The third kappa shape index (κ3) is 6.61. The summed E-state index contributed by atoms with van der Waals surface area (Å²) in [5.41, 5.74) is 4.05. The van der Waals surface area contributed by atoms with E-state index < -0.39 is 8.24 Å². The zero-order chi connectivity index (χ0) is 18.6. The predicted molar refractivity (Wildman–Crippen MR) is 110 cm³/mol. The molecule has 2 aromatic rings. The Labute approximate surface area is 159 Å². The first-order chi connectivity index (χ1) is 12.8. The minimum absolute atomic E-state index is 0.988. The number of aryl methyl sites for hydroxylation is 3. The molecule has 1 heterocycles. The fraction of sp³-hybridized carbons (Fsp3) is 0.545. The van der Waals surface area contributed by atoms with Crippen LogP contribution < -0.4 is 4.52 Å². The average molecular weight is 376 g/mol. The molecule has 144 valence electrons. The maximum Gasteiger partial charge on any atom is 0.451 e. The molecule has 0 unspecified atom stereocenters. The summed E-state index contributed by atoms with van der Waals surface area (Å²) in [4.78, 5) is 0. The van der Waals surface area contributed by atoms with Gasteiger partial charge in [0.05, 0.1) is 0 Å². The molecule has 2 rings (SSSR count). The van der Waals surface area contributed by atoms with E-state index in [1.165, 1.54) is 55.2 Å². The molecule has 0 saturated carbocycles. The van der Waals surface area contributed by atoms with Gasteiger partial charge in [0.15, 0.2) is 0 Å². The number of benzene rings is 1. The van der Waals surface area contributed by atoms with Crippen molar-refractivity contribution in [2.24, 2.45) is 0 Å². The van der Waals surface area contributed by atoms with Gasteiger partial charge in [-0.2, -0.15) is 0 Å². The standard InChI is InChI=1S/C22H33O3P/c1-4-7-12-19-17-20(13-8-5-2)22(21(18-19)14-9-6-3)25-26-23-15-10-11-16-24-26/h10-11,15-18H,4-9,12-14H2,1-3H3. The smallest absolute Gasteiger partial charge is 0.399 e. The van der Waals surface area contributed by atoms with Gasteiger partial charge in [0.1, 0.15) is 18.3 Å². The van der Waals surface area contributed by atoms with Gasteiger partial charge < -0.3 is 12.9 Å². The molecule has 0 saturated heterocycles. The number of unbranched alkanes of at least 4 members (excludes halogenated alkanes) is 3. The molecule has 0 N–H and O–H groups in total. The lowest BCUT2D eigenvalue weighted by Gasteiger charge is -2.16. The van der Waals surface area contributed by atoms with Gasteiger partial charge in [-0.25, -0.2) is 0 Å². The molecule has 26 heavy (non-hydrogen) atoms. The molecule has 0 fully saturated rings. The van der Waals surface area contributed by atoms with Gasteiger partial charge in [-0.05, 0) is 67.3 Å². The minimum Gasteiger partial charge on any atom is -0.399 e. The molecule has 0 bridgehead atoms. The van der Waals surface area contributed by atoms with Crippen LogP contribution in [0.15, 0.2) is 45.2 Å². The van der Waals surface area contributed by atoms with Gasteiger partial charge in [-0.15, -0.1) is 0 Å². The van der Waals surface area contributed by atoms with Gasteiger partial charge in [-0.3, -0.25) is 0 Å². The van der Waals surface area contributed by atoms with Gasteiger partial charge in [-0.1, -0.05) is 52.2 Å². The van der Waals surface area contributed by atoms with Gasteiger partial charge >= 0.3 is 8.24 Å². The Balaban J connectivity index is 2.41. The Morgan fingerprint density at radius 2 is 1.27 bits per heavy atom. The molecule has 0 amide bonds. The summed E-state index contributed by atoms with van der Waals surface area (Å²) in [5, 5.41) is 0. The molecule has 1 aromatic heterocycles. The normalized spacial score (nSPS) is 10.7. The van der Waals surface area contributed by atoms with Crippen LogP contribution in [-0.4, -0.2) is 0 Å². The van der Waals surface area contributed by atoms with Crippen molar-refractivity contribution in [2.45, 2.75) is 78.6 Å². The molecule has 3 nitrogen and oxygen atoms in total. The third-order valence-corrected chi connectivity index (χ3v) is 5.37. The van der Waals surface area contributed by atoms with Crippen molar-refractivity contribution in [3.05, 3.63) is 53.5 Å². The van der Waals surface area contributed by atoms with E-state index in [1.54, 1.807) is 12.5 Å². The molecular formula is C22H33O3P. The van der Waals surface area contributed by atoms with E-state index in [0.29, 0.717) is 0 Å². The second kappa shape index (κ2) is 11.9. The summed E-state index contributed by atoms with van der Waals surface area (Å²) in [7, 11) is -1.43. The lowest BCUT2D eigenvalue weighted by Crippen LogP contribution is -2.00. The zero-order valence-corrected chi connectivity index (χ0v) is 17.4. The summed E-state index contributed by atoms with van der Waals surface area (Å²) in [6.45, 7) is 6.71. The van der Waals surface area contributed by atoms with Gasteiger partial charge in [0.2, 0.25) is 0 Å². The molecule has 0 aliphatic heterocycles. The molecule has 1 aromatic carbocycles. The second-order valence-electron chi connectivity index (χ2n) is 6.74. The van der Waals surface area contributed by atoms with Crippen LogP contribution in [-0.2, 0) is 19.3 Å². The largest absolute Gasteiger partial charge is 0.451 e. The van der Waals surface area contributed by atoms with Crippen LogP contribution >= 0.6 is 8.24 Å².